The van der Waals surface area contributed by atoms with Gasteiger partial charge in [0.05, 0.1) is 19.8 Å². The average Bonchev–Trinajstić information content (AvgIpc) is 1.91. The standard InChI is InChI=1S/C7H12O2/c8-4-1-7-2-5-9-6-3-7/h1,8H,2-6H2. The van der Waals surface area contributed by atoms with E-state index >= 15 is 0 Å². The minimum Gasteiger partial charge on any atom is -0.392 e. The molecule has 2 heteroatoms. The van der Waals surface area contributed by atoms with Gasteiger partial charge in [-0.15, -0.1) is 0 Å². The number of aliphatic hydroxyl groups is 1. The Kier molecular flexibility index (Phi) is 2.74. The molecule has 1 rings (SSSR count). The molecule has 0 saturated carbocycles. The summed E-state index contributed by atoms with van der Waals surface area (Å²) < 4.78 is 5.12. The third-order valence-corrected chi connectivity index (χ3v) is 1.51. The quantitative estimate of drug-likeness (QED) is 0.527. The van der Waals surface area contributed by atoms with E-state index in [-0.39, 0.29) is 6.61 Å². The molecule has 0 aromatic heterocycles. The lowest BCUT2D eigenvalue weighted by atomic mass is 10.1. The van der Waals surface area contributed by atoms with Crippen molar-refractivity contribution in [3.8, 4) is 0 Å². The molecule has 1 N–H and O–H groups in total. The maximum absolute atomic E-state index is 8.50. The smallest absolute Gasteiger partial charge is 0.0615 e. The van der Waals surface area contributed by atoms with Gasteiger partial charge in [-0.2, -0.15) is 0 Å². The minimum atomic E-state index is 0.176. The molecular formula is C7H12O2. The van der Waals surface area contributed by atoms with Crippen LogP contribution in [0.4, 0.5) is 0 Å². The zero-order valence-corrected chi connectivity index (χ0v) is 5.47. The molecule has 1 aliphatic heterocycles. The average molecular weight is 128 g/mol. The first-order valence-corrected chi connectivity index (χ1v) is 3.30. The molecule has 0 aromatic rings. The Morgan fingerprint density at radius 3 is 2.67 bits per heavy atom. The molecule has 0 spiro atoms. The molecule has 0 amide bonds. The van der Waals surface area contributed by atoms with E-state index in [0.29, 0.717) is 0 Å². The lowest BCUT2D eigenvalue weighted by Gasteiger charge is -2.13. The lowest BCUT2D eigenvalue weighted by Crippen LogP contribution is -2.07. The summed E-state index contributed by atoms with van der Waals surface area (Å²) in [4.78, 5) is 0. The van der Waals surface area contributed by atoms with Gasteiger partial charge < -0.3 is 9.84 Å². The summed E-state index contributed by atoms with van der Waals surface area (Å²) in [7, 11) is 0. The van der Waals surface area contributed by atoms with Crippen molar-refractivity contribution in [2.75, 3.05) is 19.8 Å². The summed E-state index contributed by atoms with van der Waals surface area (Å²) >= 11 is 0. The fourth-order valence-electron chi connectivity index (χ4n) is 0.967. The summed E-state index contributed by atoms with van der Waals surface area (Å²) in [6, 6.07) is 0. The van der Waals surface area contributed by atoms with Gasteiger partial charge in [0.1, 0.15) is 0 Å². The highest BCUT2D eigenvalue weighted by molar-refractivity contribution is 5.03. The zero-order chi connectivity index (χ0) is 6.53. The fourth-order valence-corrected chi connectivity index (χ4v) is 0.967. The van der Waals surface area contributed by atoms with E-state index < -0.39 is 0 Å². The highest BCUT2D eigenvalue weighted by Gasteiger charge is 2.03. The molecule has 0 bridgehead atoms. The van der Waals surface area contributed by atoms with Crippen LogP contribution in [0.2, 0.25) is 0 Å². The zero-order valence-electron chi connectivity index (χ0n) is 5.47. The number of ether oxygens (including phenoxy) is 1. The molecule has 52 valence electrons. The molecule has 2 nitrogen and oxygen atoms in total. The van der Waals surface area contributed by atoms with E-state index in [4.69, 9.17) is 9.84 Å². The van der Waals surface area contributed by atoms with Crippen LogP contribution in [0, 0.1) is 0 Å². The van der Waals surface area contributed by atoms with E-state index in [2.05, 4.69) is 0 Å². The SMILES string of the molecule is OCC=C1CCOCC1. The van der Waals surface area contributed by atoms with Gasteiger partial charge in [-0.25, -0.2) is 0 Å². The number of aliphatic hydroxyl groups excluding tert-OH is 1. The molecule has 0 unspecified atom stereocenters. The van der Waals surface area contributed by atoms with E-state index in [1.807, 2.05) is 6.08 Å². The molecule has 1 aliphatic rings. The number of rotatable bonds is 1. The molecular weight excluding hydrogens is 116 g/mol. The van der Waals surface area contributed by atoms with Crippen molar-refractivity contribution >= 4 is 0 Å². The third-order valence-electron chi connectivity index (χ3n) is 1.51. The molecule has 9 heavy (non-hydrogen) atoms. The minimum absolute atomic E-state index is 0.176. The monoisotopic (exact) mass is 128 g/mol. The number of hydrogen-bond donors (Lipinski definition) is 1. The molecule has 0 atom stereocenters. The first-order valence-electron chi connectivity index (χ1n) is 3.30. The van der Waals surface area contributed by atoms with Crippen LogP contribution in [0.15, 0.2) is 11.6 Å². The van der Waals surface area contributed by atoms with E-state index in [0.717, 1.165) is 26.1 Å². The number of hydrogen-bond acceptors (Lipinski definition) is 2. The van der Waals surface area contributed by atoms with Crippen molar-refractivity contribution in [2.24, 2.45) is 0 Å². The first kappa shape index (κ1) is 6.78. The predicted molar refractivity (Wildman–Crippen MR) is 35.2 cm³/mol. The van der Waals surface area contributed by atoms with Crippen molar-refractivity contribution in [2.45, 2.75) is 12.8 Å². The lowest BCUT2D eigenvalue weighted by molar-refractivity contribution is 0.118. The van der Waals surface area contributed by atoms with Crippen molar-refractivity contribution in [1.29, 1.82) is 0 Å². The Balaban J connectivity index is 2.30. The van der Waals surface area contributed by atoms with Crippen LogP contribution < -0.4 is 0 Å². The van der Waals surface area contributed by atoms with Crippen LogP contribution in [0.5, 0.6) is 0 Å². The van der Waals surface area contributed by atoms with Gasteiger partial charge in [0.15, 0.2) is 0 Å². The maximum atomic E-state index is 8.50. The summed E-state index contributed by atoms with van der Waals surface area (Å²) in [5.74, 6) is 0. The van der Waals surface area contributed by atoms with Gasteiger partial charge in [-0.05, 0) is 12.8 Å². The fraction of sp³-hybridized carbons (Fsp3) is 0.714. The first-order chi connectivity index (χ1) is 4.43. The van der Waals surface area contributed by atoms with Crippen LogP contribution in [-0.4, -0.2) is 24.9 Å². The highest BCUT2D eigenvalue weighted by Crippen LogP contribution is 2.11. The Morgan fingerprint density at radius 1 is 1.44 bits per heavy atom. The van der Waals surface area contributed by atoms with Gasteiger partial charge in [-0.1, -0.05) is 11.6 Å². The summed E-state index contributed by atoms with van der Waals surface area (Å²) in [5.41, 5.74) is 1.34. The van der Waals surface area contributed by atoms with Crippen LogP contribution in [0.25, 0.3) is 0 Å². The second-order valence-electron chi connectivity index (χ2n) is 2.16. The van der Waals surface area contributed by atoms with Gasteiger partial charge in [0.25, 0.3) is 0 Å². The second kappa shape index (κ2) is 3.64. The maximum Gasteiger partial charge on any atom is 0.0615 e. The largest absolute Gasteiger partial charge is 0.392 e. The van der Waals surface area contributed by atoms with Crippen LogP contribution in [-0.2, 0) is 4.74 Å². The highest BCUT2D eigenvalue weighted by atomic mass is 16.5. The summed E-state index contributed by atoms with van der Waals surface area (Å²) in [5, 5.41) is 8.50. The molecule has 1 fully saturated rings. The summed E-state index contributed by atoms with van der Waals surface area (Å²) in [6.07, 6.45) is 3.88. The van der Waals surface area contributed by atoms with Crippen LogP contribution in [0.1, 0.15) is 12.8 Å². The van der Waals surface area contributed by atoms with E-state index in [1.165, 1.54) is 5.57 Å². The van der Waals surface area contributed by atoms with Gasteiger partial charge in [-0.3, -0.25) is 0 Å². The second-order valence-corrected chi connectivity index (χ2v) is 2.16. The van der Waals surface area contributed by atoms with Crippen LogP contribution in [0.3, 0.4) is 0 Å². The Labute approximate surface area is 55.1 Å². The van der Waals surface area contributed by atoms with Crippen molar-refractivity contribution in [3.63, 3.8) is 0 Å². The van der Waals surface area contributed by atoms with E-state index in [1.54, 1.807) is 0 Å². The molecule has 0 aromatic carbocycles. The normalized spacial score (nSPS) is 19.9. The molecule has 1 heterocycles. The molecule has 0 aliphatic carbocycles. The Bertz CT molecular complexity index is 99.5. The van der Waals surface area contributed by atoms with Gasteiger partial charge in [0, 0.05) is 0 Å². The van der Waals surface area contributed by atoms with Crippen molar-refractivity contribution in [3.05, 3.63) is 11.6 Å². The molecule has 1 saturated heterocycles. The Hall–Kier alpha value is -0.340. The Morgan fingerprint density at radius 2 is 2.11 bits per heavy atom. The topological polar surface area (TPSA) is 29.5 Å². The molecule has 0 radical (unpaired) electrons. The summed E-state index contributed by atoms with van der Waals surface area (Å²) in [6.45, 7) is 1.83. The third kappa shape index (κ3) is 2.16. The van der Waals surface area contributed by atoms with Crippen molar-refractivity contribution in [1.82, 2.24) is 0 Å². The van der Waals surface area contributed by atoms with E-state index in [9.17, 15) is 0 Å². The van der Waals surface area contributed by atoms with Gasteiger partial charge >= 0.3 is 0 Å². The predicted octanol–water partition coefficient (Wildman–Crippen LogP) is 0.716. The van der Waals surface area contributed by atoms with Crippen molar-refractivity contribution < 1.29 is 9.84 Å². The van der Waals surface area contributed by atoms with Crippen LogP contribution >= 0.6 is 0 Å². The van der Waals surface area contributed by atoms with Gasteiger partial charge in [0.2, 0.25) is 0 Å².